The van der Waals surface area contributed by atoms with Gasteiger partial charge in [-0.2, -0.15) is 0 Å². The predicted molar refractivity (Wildman–Crippen MR) is 116 cm³/mol. The second-order valence-corrected chi connectivity index (χ2v) is 10.1. The van der Waals surface area contributed by atoms with Gasteiger partial charge in [-0.15, -0.1) is 0 Å². The molecular weight excluding hydrogens is 426 g/mol. The van der Waals surface area contributed by atoms with Crippen molar-refractivity contribution < 1.29 is 28.7 Å². The highest BCUT2D eigenvalue weighted by atomic mass is 16.6. The lowest BCUT2D eigenvalue weighted by Crippen LogP contribution is -2.52. The van der Waals surface area contributed by atoms with Gasteiger partial charge < -0.3 is 14.4 Å². The maximum Gasteiger partial charge on any atom is 0.414 e. The van der Waals surface area contributed by atoms with Crippen LogP contribution in [0.1, 0.15) is 61.5 Å². The molecule has 0 bridgehead atoms. The topological polar surface area (TPSA) is 105 Å². The summed E-state index contributed by atoms with van der Waals surface area (Å²) in [6.07, 6.45) is 4.55. The number of carbonyl (C=O) groups is 4. The molecule has 1 N–H and O–H groups in total. The van der Waals surface area contributed by atoms with E-state index < -0.39 is 17.6 Å². The molecule has 0 aliphatic carbocycles. The molecule has 4 aliphatic heterocycles. The van der Waals surface area contributed by atoms with E-state index in [-0.39, 0.29) is 36.3 Å². The van der Waals surface area contributed by atoms with Crippen molar-refractivity contribution >= 4 is 23.8 Å². The number of benzene rings is 1. The third-order valence-electron chi connectivity index (χ3n) is 6.68. The van der Waals surface area contributed by atoms with Gasteiger partial charge in [0.1, 0.15) is 24.0 Å². The Morgan fingerprint density at radius 1 is 1.24 bits per heavy atom. The number of rotatable bonds is 1. The fraction of sp³-hybridized carbons (Fsp3) is 0.500. The van der Waals surface area contributed by atoms with Crippen molar-refractivity contribution in [3.05, 3.63) is 41.1 Å². The number of imide groups is 1. The van der Waals surface area contributed by atoms with Gasteiger partial charge in [0, 0.05) is 35.9 Å². The molecule has 0 saturated carbocycles. The van der Waals surface area contributed by atoms with Gasteiger partial charge in [0.15, 0.2) is 0 Å². The van der Waals surface area contributed by atoms with Crippen molar-refractivity contribution in [1.29, 1.82) is 0 Å². The first-order chi connectivity index (χ1) is 15.6. The minimum atomic E-state index is -0.662. The quantitative estimate of drug-likeness (QED) is 0.654. The molecule has 0 radical (unpaired) electrons. The van der Waals surface area contributed by atoms with Gasteiger partial charge in [-0.25, -0.2) is 4.79 Å². The van der Waals surface area contributed by atoms with Gasteiger partial charge in [-0.3, -0.25) is 24.6 Å². The van der Waals surface area contributed by atoms with Crippen LogP contribution in [0.2, 0.25) is 0 Å². The van der Waals surface area contributed by atoms with Crippen LogP contribution < -0.4 is 10.1 Å². The van der Waals surface area contributed by atoms with Crippen LogP contribution in [-0.2, 0) is 26.3 Å². The molecule has 4 heterocycles. The zero-order valence-corrected chi connectivity index (χ0v) is 19.0. The lowest BCUT2D eigenvalue weighted by atomic mass is 9.77. The lowest BCUT2D eigenvalue weighted by Gasteiger charge is -2.33. The van der Waals surface area contributed by atoms with E-state index in [2.05, 4.69) is 5.32 Å². The van der Waals surface area contributed by atoms with Crippen LogP contribution in [0.3, 0.4) is 0 Å². The zero-order chi connectivity index (χ0) is 23.5. The fourth-order valence-corrected chi connectivity index (χ4v) is 4.98. The summed E-state index contributed by atoms with van der Waals surface area (Å²) in [4.78, 5) is 52.4. The van der Waals surface area contributed by atoms with Gasteiger partial charge >= 0.3 is 6.09 Å². The van der Waals surface area contributed by atoms with E-state index in [4.69, 9.17) is 9.47 Å². The molecule has 9 nitrogen and oxygen atoms in total. The number of piperidine rings is 1. The van der Waals surface area contributed by atoms with Crippen LogP contribution in [0.5, 0.6) is 5.75 Å². The number of fused-ring (bicyclic) bond motifs is 4. The summed E-state index contributed by atoms with van der Waals surface area (Å²) in [6.45, 7) is 6.69. The first-order valence-electron chi connectivity index (χ1n) is 11.2. The molecular formula is C24H27N3O6. The number of carbonyl (C=O) groups excluding carboxylic acids is 4. The lowest BCUT2D eigenvalue weighted by molar-refractivity contribution is -0.136. The molecule has 2 unspecified atom stereocenters. The highest BCUT2D eigenvalue weighted by Crippen LogP contribution is 2.48. The smallest absolute Gasteiger partial charge is 0.414 e. The SMILES string of the molecule is CC(C)(C)OC(=O)N1C=CC2(CC1)COc1c2ccc2c1CN(C1CCC(=O)NC1=O)C2=O. The second-order valence-electron chi connectivity index (χ2n) is 10.1. The molecule has 1 spiro atoms. The second kappa shape index (κ2) is 7.33. The zero-order valence-electron chi connectivity index (χ0n) is 19.0. The fourth-order valence-electron chi connectivity index (χ4n) is 4.98. The van der Waals surface area contributed by atoms with E-state index >= 15 is 0 Å². The van der Waals surface area contributed by atoms with Crippen molar-refractivity contribution in [1.82, 2.24) is 15.1 Å². The van der Waals surface area contributed by atoms with E-state index in [1.807, 2.05) is 32.9 Å². The molecule has 4 aliphatic rings. The number of hydrogen-bond acceptors (Lipinski definition) is 6. The minimum Gasteiger partial charge on any atom is -0.492 e. The van der Waals surface area contributed by atoms with Gasteiger partial charge in [0.05, 0.1) is 12.0 Å². The standard InChI is InChI=1S/C24H27N3O6/c1-23(2,3)33-22(31)26-10-8-24(9-11-26)13-32-19-15-12-27(17-6-7-18(28)25-20(17)29)21(30)14(15)4-5-16(19)24/h4-5,8,10,17H,6-7,9,11-13H2,1-3H3,(H,25,28,29). The van der Waals surface area contributed by atoms with E-state index in [1.54, 1.807) is 17.2 Å². The van der Waals surface area contributed by atoms with Crippen LogP contribution in [-0.4, -0.2) is 58.4 Å². The molecule has 1 fully saturated rings. The minimum absolute atomic E-state index is 0.215. The molecule has 2 atom stereocenters. The summed E-state index contributed by atoms with van der Waals surface area (Å²) in [7, 11) is 0. The normalized spacial score (nSPS) is 26.3. The van der Waals surface area contributed by atoms with Crippen LogP contribution in [0.4, 0.5) is 4.79 Å². The van der Waals surface area contributed by atoms with Crippen molar-refractivity contribution in [2.75, 3.05) is 13.2 Å². The third-order valence-corrected chi connectivity index (χ3v) is 6.68. The molecule has 174 valence electrons. The number of amides is 4. The summed E-state index contributed by atoms with van der Waals surface area (Å²) in [5.41, 5.74) is 1.35. The van der Waals surface area contributed by atoms with Gasteiger partial charge in [-0.1, -0.05) is 12.1 Å². The highest BCUT2D eigenvalue weighted by molar-refractivity contribution is 6.05. The summed E-state index contributed by atoms with van der Waals surface area (Å²) in [6, 6.07) is 3.05. The molecule has 0 aromatic heterocycles. The summed E-state index contributed by atoms with van der Waals surface area (Å²) < 4.78 is 11.6. The van der Waals surface area contributed by atoms with Gasteiger partial charge in [-0.05, 0) is 39.7 Å². The third kappa shape index (κ3) is 3.55. The molecule has 9 heteroatoms. The Bertz CT molecular complexity index is 1100. The summed E-state index contributed by atoms with van der Waals surface area (Å²) in [5, 5.41) is 2.33. The van der Waals surface area contributed by atoms with Crippen LogP contribution >= 0.6 is 0 Å². The van der Waals surface area contributed by atoms with Crippen molar-refractivity contribution in [2.45, 2.75) is 63.6 Å². The van der Waals surface area contributed by atoms with E-state index in [0.717, 1.165) is 11.1 Å². The highest BCUT2D eigenvalue weighted by Gasteiger charge is 2.46. The van der Waals surface area contributed by atoms with Crippen LogP contribution in [0, 0.1) is 0 Å². The number of ether oxygens (including phenoxy) is 2. The Morgan fingerprint density at radius 3 is 2.70 bits per heavy atom. The maximum atomic E-state index is 13.1. The summed E-state index contributed by atoms with van der Waals surface area (Å²) in [5.74, 6) is -0.275. The first-order valence-corrected chi connectivity index (χ1v) is 11.2. The largest absolute Gasteiger partial charge is 0.492 e. The molecule has 5 rings (SSSR count). The average Bonchev–Trinajstić information content (AvgIpc) is 3.26. The van der Waals surface area contributed by atoms with Crippen LogP contribution in [0.25, 0.3) is 0 Å². The van der Waals surface area contributed by atoms with Crippen molar-refractivity contribution in [3.63, 3.8) is 0 Å². The molecule has 33 heavy (non-hydrogen) atoms. The molecule has 4 amide bonds. The van der Waals surface area contributed by atoms with Crippen molar-refractivity contribution in [2.24, 2.45) is 0 Å². The van der Waals surface area contributed by atoms with E-state index in [9.17, 15) is 19.2 Å². The predicted octanol–water partition coefficient (Wildman–Crippen LogP) is 2.23. The maximum absolute atomic E-state index is 13.1. The van der Waals surface area contributed by atoms with E-state index in [0.29, 0.717) is 37.3 Å². The van der Waals surface area contributed by atoms with Gasteiger partial charge in [0.2, 0.25) is 11.8 Å². The molecule has 1 saturated heterocycles. The van der Waals surface area contributed by atoms with Crippen LogP contribution in [0.15, 0.2) is 24.4 Å². The Balaban J connectivity index is 1.39. The number of nitrogens with one attached hydrogen (secondary N) is 1. The molecule has 1 aromatic rings. The Kier molecular flexibility index (Phi) is 4.77. The first kappa shape index (κ1) is 21.5. The van der Waals surface area contributed by atoms with Gasteiger partial charge in [0.25, 0.3) is 5.91 Å². The number of nitrogens with zero attached hydrogens (tertiary/aromatic N) is 2. The Labute approximate surface area is 191 Å². The number of hydrogen-bond donors (Lipinski definition) is 1. The van der Waals surface area contributed by atoms with E-state index in [1.165, 1.54) is 4.90 Å². The Hall–Kier alpha value is -3.36. The van der Waals surface area contributed by atoms with Crippen molar-refractivity contribution in [3.8, 4) is 5.75 Å². The average molecular weight is 453 g/mol. The Morgan fingerprint density at radius 2 is 2.03 bits per heavy atom. The summed E-state index contributed by atoms with van der Waals surface area (Å²) >= 11 is 0. The monoisotopic (exact) mass is 453 g/mol. The molecule has 1 aromatic carbocycles.